The van der Waals surface area contributed by atoms with Gasteiger partial charge < -0.3 is 9.64 Å². The molecule has 0 bridgehead atoms. The molecule has 0 aliphatic carbocycles. The van der Waals surface area contributed by atoms with Crippen LogP contribution in [-0.4, -0.2) is 24.3 Å². The zero-order chi connectivity index (χ0) is 16.4. The molecule has 1 fully saturated rings. The smallest absolute Gasteiger partial charge is 0.223 e. The van der Waals surface area contributed by atoms with Crippen LogP contribution >= 0.6 is 0 Å². The van der Waals surface area contributed by atoms with Gasteiger partial charge in [-0.1, -0.05) is 43.3 Å². The van der Waals surface area contributed by atoms with E-state index in [1.807, 2.05) is 0 Å². The number of rotatable bonds is 5. The largest absolute Gasteiger partial charge is 0.477 e. The number of hydrogen-bond donors (Lipinski definition) is 0. The van der Waals surface area contributed by atoms with E-state index in [4.69, 9.17) is 4.74 Å². The highest BCUT2D eigenvalue weighted by Crippen LogP contribution is 2.43. The van der Waals surface area contributed by atoms with Crippen LogP contribution in [0.2, 0.25) is 0 Å². The van der Waals surface area contributed by atoms with Gasteiger partial charge in [0.15, 0.2) is 0 Å². The van der Waals surface area contributed by atoms with Crippen molar-refractivity contribution in [2.45, 2.75) is 26.2 Å². The van der Waals surface area contributed by atoms with Gasteiger partial charge in [0.05, 0.1) is 12.1 Å². The highest BCUT2D eigenvalue weighted by atomic mass is 16.5. The van der Waals surface area contributed by atoms with Gasteiger partial charge in [-0.05, 0) is 37.5 Å². The van der Waals surface area contributed by atoms with Crippen LogP contribution in [0.3, 0.4) is 0 Å². The highest BCUT2D eigenvalue weighted by Gasteiger charge is 2.25. The van der Waals surface area contributed by atoms with Gasteiger partial charge in [0.25, 0.3) is 0 Å². The van der Waals surface area contributed by atoms with Gasteiger partial charge in [0.1, 0.15) is 5.69 Å². The summed E-state index contributed by atoms with van der Waals surface area (Å²) in [5.41, 5.74) is 3.64. The van der Waals surface area contributed by atoms with Crippen molar-refractivity contribution in [1.82, 2.24) is 4.57 Å². The molecule has 24 heavy (non-hydrogen) atoms. The van der Waals surface area contributed by atoms with Gasteiger partial charge in [-0.25, -0.2) is 0 Å². The molecule has 2 aromatic carbocycles. The molecule has 0 saturated carbocycles. The fourth-order valence-electron chi connectivity index (χ4n) is 3.61. The second kappa shape index (κ2) is 6.60. The lowest BCUT2D eigenvalue weighted by Gasteiger charge is -2.20. The fraction of sp³-hybridized carbons (Fsp3) is 0.333. The molecular weight excluding hydrogens is 296 g/mol. The minimum absolute atomic E-state index is 0.740. The molecule has 1 saturated heterocycles. The molecule has 4 rings (SSSR count). The van der Waals surface area contributed by atoms with E-state index in [9.17, 15) is 0 Å². The van der Waals surface area contributed by atoms with E-state index < -0.39 is 0 Å². The Morgan fingerprint density at radius 2 is 1.62 bits per heavy atom. The van der Waals surface area contributed by atoms with Crippen LogP contribution < -0.4 is 9.64 Å². The monoisotopic (exact) mass is 320 g/mol. The molecule has 0 amide bonds. The maximum Gasteiger partial charge on any atom is 0.223 e. The van der Waals surface area contributed by atoms with E-state index in [1.54, 1.807) is 0 Å². The van der Waals surface area contributed by atoms with Gasteiger partial charge in [0.2, 0.25) is 5.88 Å². The predicted octanol–water partition coefficient (Wildman–Crippen LogP) is 5.02. The van der Waals surface area contributed by atoms with Crippen molar-refractivity contribution >= 4 is 16.6 Å². The first kappa shape index (κ1) is 15.1. The summed E-state index contributed by atoms with van der Waals surface area (Å²) in [6.45, 7) is 5.13. The summed E-state index contributed by atoms with van der Waals surface area (Å²) in [7, 11) is 0. The van der Waals surface area contributed by atoms with E-state index in [0.717, 1.165) is 37.7 Å². The van der Waals surface area contributed by atoms with Gasteiger partial charge in [-0.15, -0.1) is 0 Å². The number of para-hydroxylation sites is 2. The maximum absolute atomic E-state index is 6.29. The van der Waals surface area contributed by atoms with Crippen LogP contribution in [0.1, 0.15) is 26.2 Å². The van der Waals surface area contributed by atoms with E-state index in [0.29, 0.717) is 0 Å². The number of hydrogen-bond acceptors (Lipinski definition) is 2. The number of anilines is 1. The zero-order valence-electron chi connectivity index (χ0n) is 14.2. The fourth-order valence-corrected chi connectivity index (χ4v) is 3.61. The Balaban J connectivity index is 1.98. The van der Waals surface area contributed by atoms with Crippen LogP contribution in [0.25, 0.3) is 16.6 Å². The standard InChI is InChI=1S/C21H24N2O/c1-2-16-24-21-20(22-14-8-9-15-22)18-12-6-7-13-19(18)23(21)17-10-4-3-5-11-17/h3-7,10-13H,2,8-9,14-16H2,1H3. The van der Waals surface area contributed by atoms with Crippen molar-refractivity contribution in [3.8, 4) is 11.6 Å². The summed E-state index contributed by atoms with van der Waals surface area (Å²) in [6, 6.07) is 19.2. The molecule has 1 aliphatic heterocycles. The van der Waals surface area contributed by atoms with Crippen LogP contribution in [0, 0.1) is 0 Å². The molecule has 0 spiro atoms. The molecule has 124 valence electrons. The average molecular weight is 320 g/mol. The second-order valence-electron chi connectivity index (χ2n) is 6.38. The van der Waals surface area contributed by atoms with Crippen molar-refractivity contribution in [2.75, 3.05) is 24.6 Å². The van der Waals surface area contributed by atoms with E-state index >= 15 is 0 Å². The average Bonchev–Trinajstić information content (AvgIpc) is 3.26. The molecule has 1 aromatic heterocycles. The Morgan fingerprint density at radius 1 is 0.917 bits per heavy atom. The van der Waals surface area contributed by atoms with Crippen LogP contribution in [0.5, 0.6) is 5.88 Å². The first-order valence-corrected chi connectivity index (χ1v) is 8.96. The number of nitrogens with zero attached hydrogens (tertiary/aromatic N) is 2. The molecule has 0 atom stereocenters. The lowest BCUT2D eigenvalue weighted by molar-refractivity contribution is 0.301. The van der Waals surface area contributed by atoms with Gasteiger partial charge in [-0.3, -0.25) is 4.57 Å². The molecular formula is C21H24N2O. The minimum atomic E-state index is 0.740. The SMILES string of the molecule is CCCOc1c(N2CCCC2)c2ccccc2n1-c1ccccc1. The molecule has 3 nitrogen and oxygen atoms in total. The van der Waals surface area contributed by atoms with Crippen LogP contribution in [0.15, 0.2) is 54.6 Å². The lowest BCUT2D eigenvalue weighted by atomic mass is 10.2. The molecule has 1 aliphatic rings. The molecule has 3 heteroatoms. The summed E-state index contributed by atoms with van der Waals surface area (Å²) in [5, 5.41) is 1.29. The van der Waals surface area contributed by atoms with Gasteiger partial charge in [0, 0.05) is 24.2 Å². The molecule has 2 heterocycles. The third-order valence-corrected chi connectivity index (χ3v) is 4.69. The Labute approximate surface area is 143 Å². The van der Waals surface area contributed by atoms with Crippen LogP contribution in [0.4, 0.5) is 5.69 Å². The Morgan fingerprint density at radius 3 is 2.38 bits per heavy atom. The van der Waals surface area contributed by atoms with Crippen LogP contribution in [-0.2, 0) is 0 Å². The number of benzene rings is 2. The summed E-state index contributed by atoms with van der Waals surface area (Å²) < 4.78 is 8.57. The number of aromatic nitrogens is 1. The summed E-state index contributed by atoms with van der Waals surface area (Å²) >= 11 is 0. The minimum Gasteiger partial charge on any atom is -0.477 e. The number of fused-ring (bicyclic) bond motifs is 1. The highest BCUT2D eigenvalue weighted by molar-refractivity contribution is 5.98. The second-order valence-corrected chi connectivity index (χ2v) is 6.38. The Bertz CT molecular complexity index is 816. The molecule has 0 N–H and O–H groups in total. The van der Waals surface area contributed by atoms with Crippen molar-refractivity contribution in [3.63, 3.8) is 0 Å². The van der Waals surface area contributed by atoms with Crippen molar-refractivity contribution in [2.24, 2.45) is 0 Å². The Kier molecular flexibility index (Phi) is 4.16. The Hall–Kier alpha value is -2.42. The molecule has 0 radical (unpaired) electrons. The lowest BCUT2D eigenvalue weighted by Crippen LogP contribution is -2.18. The summed E-state index contributed by atoms with van der Waals surface area (Å²) in [4.78, 5) is 2.49. The van der Waals surface area contributed by atoms with Crippen molar-refractivity contribution < 1.29 is 4.74 Å². The normalized spacial score (nSPS) is 14.5. The third-order valence-electron chi connectivity index (χ3n) is 4.69. The van der Waals surface area contributed by atoms with Crippen molar-refractivity contribution in [1.29, 1.82) is 0 Å². The predicted molar refractivity (Wildman–Crippen MR) is 101 cm³/mol. The first-order chi connectivity index (χ1) is 11.9. The van der Waals surface area contributed by atoms with E-state index in [-0.39, 0.29) is 0 Å². The van der Waals surface area contributed by atoms with Gasteiger partial charge >= 0.3 is 0 Å². The van der Waals surface area contributed by atoms with E-state index in [1.165, 1.54) is 29.4 Å². The summed E-state index contributed by atoms with van der Waals surface area (Å²) in [5.74, 6) is 0.992. The topological polar surface area (TPSA) is 17.4 Å². The zero-order valence-corrected chi connectivity index (χ0v) is 14.2. The number of ether oxygens (including phenoxy) is 1. The van der Waals surface area contributed by atoms with Gasteiger partial charge in [-0.2, -0.15) is 0 Å². The molecule has 3 aromatic rings. The first-order valence-electron chi connectivity index (χ1n) is 8.96. The maximum atomic E-state index is 6.29. The van der Waals surface area contributed by atoms with E-state index in [2.05, 4.69) is 71.0 Å². The van der Waals surface area contributed by atoms with Crippen molar-refractivity contribution in [3.05, 3.63) is 54.6 Å². The summed E-state index contributed by atoms with van der Waals surface area (Å²) in [6.07, 6.45) is 3.53. The third kappa shape index (κ3) is 2.54. The quantitative estimate of drug-likeness (QED) is 0.657. The molecule has 0 unspecified atom stereocenters.